The van der Waals surface area contributed by atoms with Gasteiger partial charge in [-0.15, -0.1) is 11.3 Å². The standard InChI is InChI=1S/C23H24N2O4S/c1-4-28-18-13-11-16(12-14-18)19-15(3)30-21(20(19)22(26)29-5-2)25-23(27)24-17-9-7-6-8-10-17/h6-14H,4-5H2,1-3H3,(H2,24,25,27). The van der Waals surface area contributed by atoms with Crippen LogP contribution in [0.1, 0.15) is 29.1 Å². The van der Waals surface area contributed by atoms with Gasteiger partial charge < -0.3 is 14.8 Å². The summed E-state index contributed by atoms with van der Waals surface area (Å²) in [5.41, 5.74) is 2.61. The van der Waals surface area contributed by atoms with Crippen molar-refractivity contribution < 1.29 is 19.1 Å². The summed E-state index contributed by atoms with van der Waals surface area (Å²) in [5.74, 6) is 0.285. The largest absolute Gasteiger partial charge is 0.494 e. The highest BCUT2D eigenvalue weighted by molar-refractivity contribution is 7.17. The Balaban J connectivity index is 1.94. The molecule has 3 aromatic rings. The van der Waals surface area contributed by atoms with E-state index < -0.39 is 12.0 Å². The maximum Gasteiger partial charge on any atom is 0.341 e. The van der Waals surface area contributed by atoms with Crippen LogP contribution >= 0.6 is 11.3 Å². The van der Waals surface area contributed by atoms with Crippen molar-refractivity contribution in [2.75, 3.05) is 23.8 Å². The smallest absolute Gasteiger partial charge is 0.341 e. The number of ether oxygens (including phenoxy) is 2. The number of anilines is 2. The number of thiophene rings is 1. The fraction of sp³-hybridized carbons (Fsp3) is 0.217. The third-order valence-electron chi connectivity index (χ3n) is 4.28. The molecule has 0 spiro atoms. The number of carbonyl (C=O) groups excluding carboxylic acids is 2. The van der Waals surface area contributed by atoms with Gasteiger partial charge in [-0.1, -0.05) is 30.3 Å². The van der Waals surface area contributed by atoms with Gasteiger partial charge in [0.2, 0.25) is 0 Å². The minimum Gasteiger partial charge on any atom is -0.494 e. The van der Waals surface area contributed by atoms with Crippen LogP contribution in [-0.4, -0.2) is 25.2 Å². The Labute approximate surface area is 179 Å². The predicted molar refractivity (Wildman–Crippen MR) is 121 cm³/mol. The molecule has 0 unspecified atom stereocenters. The molecule has 30 heavy (non-hydrogen) atoms. The van der Waals surface area contributed by atoms with Crippen LogP contribution in [0.15, 0.2) is 54.6 Å². The van der Waals surface area contributed by atoms with Crippen LogP contribution in [0.4, 0.5) is 15.5 Å². The minimum atomic E-state index is -0.472. The minimum absolute atomic E-state index is 0.242. The third-order valence-corrected chi connectivity index (χ3v) is 5.30. The van der Waals surface area contributed by atoms with Crippen molar-refractivity contribution in [2.24, 2.45) is 0 Å². The second kappa shape index (κ2) is 9.93. The monoisotopic (exact) mass is 424 g/mol. The van der Waals surface area contributed by atoms with Gasteiger partial charge in [0, 0.05) is 16.1 Å². The van der Waals surface area contributed by atoms with Crippen LogP contribution in [0, 0.1) is 6.92 Å². The number of nitrogens with one attached hydrogen (secondary N) is 2. The Bertz CT molecular complexity index is 1010. The maximum atomic E-state index is 12.8. The number of aryl methyl sites for hydroxylation is 1. The van der Waals surface area contributed by atoms with Crippen LogP contribution in [0.25, 0.3) is 11.1 Å². The zero-order valence-electron chi connectivity index (χ0n) is 17.2. The van der Waals surface area contributed by atoms with E-state index in [1.165, 1.54) is 11.3 Å². The molecule has 0 radical (unpaired) electrons. The lowest BCUT2D eigenvalue weighted by Crippen LogP contribution is -2.20. The van der Waals surface area contributed by atoms with Crippen LogP contribution in [0.2, 0.25) is 0 Å². The summed E-state index contributed by atoms with van der Waals surface area (Å²) in [6.45, 7) is 6.41. The second-order valence-electron chi connectivity index (χ2n) is 6.36. The summed E-state index contributed by atoms with van der Waals surface area (Å²) in [5, 5.41) is 6.02. The lowest BCUT2D eigenvalue weighted by atomic mass is 10.0. The Kier molecular flexibility index (Phi) is 7.08. The summed E-state index contributed by atoms with van der Waals surface area (Å²) in [7, 11) is 0. The number of carbonyl (C=O) groups is 2. The van der Waals surface area contributed by atoms with Crippen LogP contribution in [0.3, 0.4) is 0 Å². The van der Waals surface area contributed by atoms with E-state index in [-0.39, 0.29) is 6.61 Å². The highest BCUT2D eigenvalue weighted by atomic mass is 32.1. The zero-order valence-corrected chi connectivity index (χ0v) is 18.0. The van der Waals surface area contributed by atoms with Gasteiger partial charge in [0.15, 0.2) is 0 Å². The van der Waals surface area contributed by atoms with Gasteiger partial charge in [0.05, 0.1) is 13.2 Å². The quantitative estimate of drug-likeness (QED) is 0.460. The summed E-state index contributed by atoms with van der Waals surface area (Å²) in [6.07, 6.45) is 0. The van der Waals surface area contributed by atoms with Crippen molar-refractivity contribution in [3.05, 3.63) is 65.0 Å². The zero-order chi connectivity index (χ0) is 21.5. The third kappa shape index (κ3) is 4.99. The van der Waals surface area contributed by atoms with Crippen molar-refractivity contribution in [3.8, 4) is 16.9 Å². The maximum absolute atomic E-state index is 12.8. The van der Waals surface area contributed by atoms with E-state index in [2.05, 4.69) is 10.6 Å². The fourth-order valence-corrected chi connectivity index (χ4v) is 4.11. The highest BCUT2D eigenvalue weighted by Crippen LogP contribution is 2.41. The molecular formula is C23H24N2O4S. The number of para-hydroxylation sites is 1. The van der Waals surface area contributed by atoms with Crippen LogP contribution in [-0.2, 0) is 4.74 Å². The molecule has 0 aliphatic heterocycles. The van der Waals surface area contributed by atoms with Crippen LogP contribution in [0.5, 0.6) is 5.75 Å². The predicted octanol–water partition coefficient (Wildman–Crippen LogP) is 5.94. The van der Waals surface area contributed by atoms with E-state index >= 15 is 0 Å². The van der Waals surface area contributed by atoms with Crippen molar-refractivity contribution in [1.82, 2.24) is 0 Å². The molecule has 0 fully saturated rings. The number of esters is 1. The first-order valence-corrected chi connectivity index (χ1v) is 10.5. The average Bonchev–Trinajstić information content (AvgIpc) is 3.05. The summed E-state index contributed by atoms with van der Waals surface area (Å²) >= 11 is 1.34. The molecule has 0 bridgehead atoms. The van der Waals surface area contributed by atoms with Crippen molar-refractivity contribution in [3.63, 3.8) is 0 Å². The lowest BCUT2D eigenvalue weighted by Gasteiger charge is -2.10. The molecular weight excluding hydrogens is 400 g/mol. The fourth-order valence-electron chi connectivity index (χ4n) is 3.05. The molecule has 156 valence electrons. The molecule has 0 aliphatic rings. The molecule has 2 N–H and O–H groups in total. The molecule has 0 atom stereocenters. The Hall–Kier alpha value is -3.32. The topological polar surface area (TPSA) is 76.7 Å². The number of hydrogen-bond donors (Lipinski definition) is 2. The van der Waals surface area contributed by atoms with E-state index in [0.717, 1.165) is 21.8 Å². The average molecular weight is 425 g/mol. The van der Waals surface area contributed by atoms with Crippen molar-refractivity contribution >= 4 is 34.0 Å². The number of amides is 2. The lowest BCUT2D eigenvalue weighted by molar-refractivity contribution is 0.0529. The number of hydrogen-bond acceptors (Lipinski definition) is 5. The van der Waals surface area contributed by atoms with Gasteiger partial charge in [-0.25, -0.2) is 9.59 Å². The number of benzene rings is 2. The summed E-state index contributed by atoms with van der Waals surface area (Å²) < 4.78 is 10.8. The molecule has 0 saturated heterocycles. The number of urea groups is 1. The summed E-state index contributed by atoms with van der Waals surface area (Å²) in [6, 6.07) is 16.2. The van der Waals surface area contributed by atoms with Crippen LogP contribution < -0.4 is 15.4 Å². The van der Waals surface area contributed by atoms with Gasteiger partial charge in [0.1, 0.15) is 16.3 Å². The molecule has 1 aromatic heterocycles. The van der Waals surface area contributed by atoms with E-state index in [9.17, 15) is 9.59 Å². The molecule has 7 heteroatoms. The summed E-state index contributed by atoms with van der Waals surface area (Å²) in [4.78, 5) is 26.2. The first-order valence-electron chi connectivity index (χ1n) is 9.70. The second-order valence-corrected chi connectivity index (χ2v) is 7.59. The van der Waals surface area contributed by atoms with Gasteiger partial charge >= 0.3 is 12.0 Å². The Morgan fingerprint density at radius 2 is 1.63 bits per heavy atom. The first kappa shape index (κ1) is 21.4. The molecule has 0 aliphatic carbocycles. The van der Waals surface area contributed by atoms with E-state index in [4.69, 9.17) is 9.47 Å². The molecule has 1 heterocycles. The van der Waals surface area contributed by atoms with Gasteiger partial charge in [0.25, 0.3) is 0 Å². The molecule has 3 rings (SSSR count). The van der Waals surface area contributed by atoms with Gasteiger partial charge in [-0.3, -0.25) is 5.32 Å². The SMILES string of the molecule is CCOC(=O)c1c(NC(=O)Nc2ccccc2)sc(C)c1-c1ccc(OCC)cc1. The first-order chi connectivity index (χ1) is 14.5. The van der Waals surface area contributed by atoms with E-state index in [0.29, 0.717) is 22.9 Å². The number of rotatable bonds is 7. The molecule has 0 saturated carbocycles. The van der Waals surface area contributed by atoms with Gasteiger partial charge in [-0.05, 0) is 50.6 Å². The van der Waals surface area contributed by atoms with Gasteiger partial charge in [-0.2, -0.15) is 0 Å². The Morgan fingerprint density at radius 3 is 2.27 bits per heavy atom. The van der Waals surface area contributed by atoms with Crippen molar-refractivity contribution in [1.29, 1.82) is 0 Å². The van der Waals surface area contributed by atoms with Crippen molar-refractivity contribution in [2.45, 2.75) is 20.8 Å². The van der Waals surface area contributed by atoms with E-state index in [1.54, 1.807) is 19.1 Å². The Morgan fingerprint density at radius 1 is 0.933 bits per heavy atom. The highest BCUT2D eigenvalue weighted by Gasteiger charge is 2.25. The van der Waals surface area contributed by atoms with E-state index in [1.807, 2.05) is 56.3 Å². The normalized spacial score (nSPS) is 10.4. The molecule has 6 nitrogen and oxygen atoms in total. The molecule has 2 amide bonds. The molecule has 2 aromatic carbocycles.